The van der Waals surface area contributed by atoms with Crippen molar-refractivity contribution in [2.75, 3.05) is 0 Å². The molecule has 1 unspecified atom stereocenters. The third-order valence-electron chi connectivity index (χ3n) is 3.45. The first-order valence-electron chi connectivity index (χ1n) is 7.02. The molecule has 0 radical (unpaired) electrons. The van der Waals surface area contributed by atoms with Gasteiger partial charge >= 0.3 is 0 Å². The summed E-state index contributed by atoms with van der Waals surface area (Å²) in [6.45, 7) is 1.73. The standard InChI is InChI=1S/C16H14IN3O3/c1-10(14-3-2-6-23-14)19-15(21)8-20-9-18-13-5-4-11(17)7-12(13)16(20)22/h2-7,9-10H,8H2,1H3,(H,19,21). The lowest BCUT2D eigenvalue weighted by atomic mass is 10.2. The third kappa shape index (κ3) is 3.44. The van der Waals surface area contributed by atoms with Gasteiger partial charge in [0.1, 0.15) is 12.3 Å². The van der Waals surface area contributed by atoms with Crippen LogP contribution >= 0.6 is 22.6 Å². The largest absolute Gasteiger partial charge is 0.467 e. The first-order valence-corrected chi connectivity index (χ1v) is 8.10. The normalized spacial score (nSPS) is 12.3. The van der Waals surface area contributed by atoms with E-state index in [1.54, 1.807) is 30.5 Å². The third-order valence-corrected chi connectivity index (χ3v) is 4.12. The van der Waals surface area contributed by atoms with E-state index in [0.717, 1.165) is 3.57 Å². The molecule has 118 valence electrons. The molecule has 3 rings (SSSR count). The minimum atomic E-state index is -0.275. The summed E-state index contributed by atoms with van der Waals surface area (Å²) in [5.74, 6) is 0.389. The highest BCUT2D eigenvalue weighted by molar-refractivity contribution is 14.1. The van der Waals surface area contributed by atoms with Crippen molar-refractivity contribution in [3.05, 3.63) is 62.6 Å². The summed E-state index contributed by atoms with van der Waals surface area (Å²) in [6, 6.07) is 8.74. The van der Waals surface area contributed by atoms with Gasteiger partial charge in [0.05, 0.1) is 29.5 Å². The number of nitrogens with one attached hydrogen (secondary N) is 1. The maximum Gasteiger partial charge on any atom is 0.261 e. The van der Waals surface area contributed by atoms with Crippen LogP contribution in [0.3, 0.4) is 0 Å². The molecule has 1 aromatic carbocycles. The SMILES string of the molecule is CC(NC(=O)Cn1cnc2ccc(I)cc2c1=O)c1ccco1. The summed E-state index contributed by atoms with van der Waals surface area (Å²) in [5, 5.41) is 3.30. The van der Waals surface area contributed by atoms with Crippen molar-refractivity contribution in [1.82, 2.24) is 14.9 Å². The molecule has 2 aromatic heterocycles. The summed E-state index contributed by atoms with van der Waals surface area (Å²) in [5.41, 5.74) is 0.394. The molecule has 0 saturated heterocycles. The highest BCUT2D eigenvalue weighted by Gasteiger charge is 2.13. The molecule has 3 aromatic rings. The molecule has 0 saturated carbocycles. The number of carbonyl (C=O) groups excluding carboxylic acids is 1. The molecule has 0 aliphatic rings. The number of furan rings is 1. The van der Waals surface area contributed by atoms with Gasteiger partial charge in [-0.1, -0.05) is 0 Å². The lowest BCUT2D eigenvalue weighted by Gasteiger charge is -2.12. The van der Waals surface area contributed by atoms with Gasteiger partial charge < -0.3 is 9.73 Å². The van der Waals surface area contributed by atoms with Gasteiger partial charge in [-0.3, -0.25) is 14.2 Å². The Bertz CT molecular complexity index is 903. The zero-order valence-electron chi connectivity index (χ0n) is 12.3. The van der Waals surface area contributed by atoms with E-state index in [1.807, 2.05) is 13.0 Å². The van der Waals surface area contributed by atoms with Crippen LogP contribution in [0.1, 0.15) is 18.7 Å². The van der Waals surface area contributed by atoms with Gasteiger partial charge in [-0.05, 0) is 59.8 Å². The quantitative estimate of drug-likeness (QED) is 0.655. The predicted octanol–water partition coefficient (Wildman–Crippen LogP) is 2.47. The monoisotopic (exact) mass is 423 g/mol. The van der Waals surface area contributed by atoms with E-state index in [-0.39, 0.29) is 24.1 Å². The number of aromatic nitrogens is 2. The number of fused-ring (bicyclic) bond motifs is 1. The van der Waals surface area contributed by atoms with Crippen LogP contribution in [0.15, 0.2) is 52.1 Å². The molecular formula is C16H14IN3O3. The number of hydrogen-bond donors (Lipinski definition) is 1. The Morgan fingerprint density at radius 2 is 2.26 bits per heavy atom. The first kappa shape index (κ1) is 15.7. The Labute approximate surface area is 145 Å². The van der Waals surface area contributed by atoms with Crippen LogP contribution in [0.25, 0.3) is 10.9 Å². The number of carbonyl (C=O) groups is 1. The van der Waals surface area contributed by atoms with E-state index in [1.165, 1.54) is 10.9 Å². The van der Waals surface area contributed by atoms with E-state index >= 15 is 0 Å². The molecular weight excluding hydrogens is 409 g/mol. The van der Waals surface area contributed by atoms with Crippen molar-refractivity contribution in [2.24, 2.45) is 0 Å². The highest BCUT2D eigenvalue weighted by Crippen LogP contribution is 2.13. The summed E-state index contributed by atoms with van der Waals surface area (Å²) >= 11 is 2.14. The fourth-order valence-corrected chi connectivity index (χ4v) is 2.79. The van der Waals surface area contributed by atoms with Crippen molar-refractivity contribution in [3.8, 4) is 0 Å². The second kappa shape index (κ2) is 6.53. The molecule has 1 amide bonds. The molecule has 7 heteroatoms. The molecule has 0 aliphatic carbocycles. The molecule has 0 spiro atoms. The Kier molecular flexibility index (Phi) is 4.46. The number of rotatable bonds is 4. The van der Waals surface area contributed by atoms with Gasteiger partial charge in [-0.2, -0.15) is 0 Å². The molecule has 2 heterocycles. The van der Waals surface area contributed by atoms with Crippen molar-refractivity contribution in [3.63, 3.8) is 0 Å². The molecule has 23 heavy (non-hydrogen) atoms. The summed E-state index contributed by atoms with van der Waals surface area (Å²) < 4.78 is 7.50. The minimum Gasteiger partial charge on any atom is -0.467 e. The molecule has 1 N–H and O–H groups in total. The number of amides is 1. The summed E-state index contributed by atoms with van der Waals surface area (Å²) in [7, 11) is 0. The van der Waals surface area contributed by atoms with Gasteiger partial charge in [0.2, 0.25) is 5.91 Å². The second-order valence-corrected chi connectivity index (χ2v) is 6.39. The fourth-order valence-electron chi connectivity index (χ4n) is 2.29. The predicted molar refractivity (Wildman–Crippen MR) is 94.0 cm³/mol. The van der Waals surface area contributed by atoms with Crippen LogP contribution < -0.4 is 10.9 Å². The van der Waals surface area contributed by atoms with Crippen molar-refractivity contribution < 1.29 is 9.21 Å². The Morgan fingerprint density at radius 3 is 3.00 bits per heavy atom. The van der Waals surface area contributed by atoms with Crippen LogP contribution in [-0.4, -0.2) is 15.5 Å². The van der Waals surface area contributed by atoms with Gasteiger partial charge in [0, 0.05) is 3.57 Å². The number of benzene rings is 1. The zero-order valence-corrected chi connectivity index (χ0v) is 14.5. The van der Waals surface area contributed by atoms with Gasteiger partial charge in [-0.15, -0.1) is 0 Å². The van der Waals surface area contributed by atoms with E-state index in [0.29, 0.717) is 16.7 Å². The Balaban J connectivity index is 1.80. The van der Waals surface area contributed by atoms with Crippen molar-refractivity contribution in [1.29, 1.82) is 0 Å². The smallest absolute Gasteiger partial charge is 0.261 e. The average Bonchev–Trinajstić information content (AvgIpc) is 3.05. The molecule has 0 aliphatic heterocycles. The van der Waals surface area contributed by atoms with Crippen molar-refractivity contribution >= 4 is 39.4 Å². The van der Waals surface area contributed by atoms with E-state index in [9.17, 15) is 9.59 Å². The highest BCUT2D eigenvalue weighted by atomic mass is 127. The minimum absolute atomic E-state index is 0.0850. The zero-order chi connectivity index (χ0) is 16.4. The second-order valence-electron chi connectivity index (χ2n) is 5.14. The summed E-state index contributed by atoms with van der Waals surface area (Å²) in [6.07, 6.45) is 2.95. The van der Waals surface area contributed by atoms with Gasteiger partial charge in [-0.25, -0.2) is 4.98 Å². The van der Waals surface area contributed by atoms with Crippen LogP contribution in [0.4, 0.5) is 0 Å². The van der Waals surface area contributed by atoms with E-state index in [4.69, 9.17) is 4.42 Å². The van der Waals surface area contributed by atoms with Crippen LogP contribution in [0.5, 0.6) is 0 Å². The number of halogens is 1. The maximum atomic E-state index is 12.5. The Hall–Kier alpha value is -2.16. The fraction of sp³-hybridized carbons (Fsp3) is 0.188. The molecule has 1 atom stereocenters. The molecule has 0 bridgehead atoms. The molecule has 0 fully saturated rings. The maximum absolute atomic E-state index is 12.5. The number of hydrogen-bond acceptors (Lipinski definition) is 4. The summed E-state index contributed by atoms with van der Waals surface area (Å²) in [4.78, 5) is 28.8. The van der Waals surface area contributed by atoms with Crippen LogP contribution in [0.2, 0.25) is 0 Å². The van der Waals surface area contributed by atoms with Gasteiger partial charge in [0.15, 0.2) is 0 Å². The molecule has 6 nitrogen and oxygen atoms in total. The Morgan fingerprint density at radius 1 is 1.43 bits per heavy atom. The average molecular weight is 423 g/mol. The number of nitrogens with zero attached hydrogens (tertiary/aromatic N) is 2. The first-order chi connectivity index (χ1) is 11.0. The van der Waals surface area contributed by atoms with Crippen molar-refractivity contribution in [2.45, 2.75) is 19.5 Å². The van der Waals surface area contributed by atoms with Crippen LogP contribution in [-0.2, 0) is 11.3 Å². The van der Waals surface area contributed by atoms with E-state index < -0.39 is 0 Å². The van der Waals surface area contributed by atoms with E-state index in [2.05, 4.69) is 32.9 Å². The van der Waals surface area contributed by atoms with Crippen LogP contribution in [0, 0.1) is 3.57 Å². The lowest BCUT2D eigenvalue weighted by Crippen LogP contribution is -2.33. The topological polar surface area (TPSA) is 77.1 Å². The lowest BCUT2D eigenvalue weighted by molar-refractivity contribution is -0.122. The van der Waals surface area contributed by atoms with Gasteiger partial charge in [0.25, 0.3) is 5.56 Å².